The first-order valence-corrected chi connectivity index (χ1v) is 14.6. The van der Waals surface area contributed by atoms with Crippen LogP contribution in [0.15, 0.2) is 77.7 Å². The summed E-state index contributed by atoms with van der Waals surface area (Å²) in [4.78, 5) is 28.3. The van der Waals surface area contributed by atoms with Crippen molar-refractivity contribution in [3.8, 4) is 17.2 Å². The van der Waals surface area contributed by atoms with Crippen molar-refractivity contribution in [2.75, 3.05) is 38.7 Å². The van der Waals surface area contributed by atoms with E-state index in [2.05, 4.69) is 5.32 Å². The quantitative estimate of drug-likeness (QED) is 0.307. The molecule has 0 bridgehead atoms. The molecule has 0 radical (unpaired) electrons. The van der Waals surface area contributed by atoms with Crippen molar-refractivity contribution in [1.82, 2.24) is 10.2 Å². The highest BCUT2D eigenvalue weighted by Gasteiger charge is 2.33. The SMILES string of the molecule is CCCNC(=O)[C@@H](C)N(Cc1ccc(OC)cc1)C(=O)CN(c1ccccc1OC)S(=O)(=O)c1ccc(OC)cc1. The molecule has 0 aromatic heterocycles. The molecule has 1 atom stereocenters. The Morgan fingerprint density at radius 3 is 2.00 bits per heavy atom. The van der Waals surface area contributed by atoms with Crippen molar-refractivity contribution in [1.29, 1.82) is 0 Å². The number of benzene rings is 3. The highest BCUT2D eigenvalue weighted by Crippen LogP contribution is 2.33. The van der Waals surface area contributed by atoms with E-state index in [1.165, 1.54) is 43.4 Å². The molecule has 220 valence electrons. The van der Waals surface area contributed by atoms with Gasteiger partial charge in [-0.1, -0.05) is 31.2 Å². The molecule has 3 aromatic carbocycles. The molecular formula is C30H37N3O7S. The Hall–Kier alpha value is -4.25. The van der Waals surface area contributed by atoms with Crippen molar-refractivity contribution in [2.24, 2.45) is 0 Å². The fraction of sp³-hybridized carbons (Fsp3) is 0.333. The standard InChI is InChI=1S/C30H37N3O7S/c1-6-19-31-30(35)22(2)32(20-23-11-13-24(38-3)14-12-23)29(34)21-33(27-9-7-8-10-28(27)40-5)41(36,37)26-17-15-25(39-4)16-18-26/h7-18,22H,6,19-21H2,1-5H3,(H,31,35)/t22-/m1/s1. The maximum absolute atomic E-state index is 14.0. The van der Waals surface area contributed by atoms with Gasteiger partial charge >= 0.3 is 0 Å². The number of ether oxygens (including phenoxy) is 3. The van der Waals surface area contributed by atoms with Gasteiger partial charge in [0.05, 0.1) is 31.9 Å². The second kappa shape index (κ2) is 14.4. The number of carbonyl (C=O) groups excluding carboxylic acids is 2. The summed E-state index contributed by atoms with van der Waals surface area (Å²) in [6.45, 7) is 3.51. The largest absolute Gasteiger partial charge is 0.497 e. The number of sulfonamides is 1. The normalized spacial score (nSPS) is 11.7. The fourth-order valence-electron chi connectivity index (χ4n) is 4.13. The monoisotopic (exact) mass is 583 g/mol. The van der Waals surface area contributed by atoms with E-state index in [1.807, 2.05) is 6.92 Å². The molecule has 41 heavy (non-hydrogen) atoms. The van der Waals surface area contributed by atoms with E-state index < -0.39 is 28.5 Å². The third kappa shape index (κ3) is 7.69. The second-order valence-electron chi connectivity index (χ2n) is 9.20. The fourth-order valence-corrected chi connectivity index (χ4v) is 5.55. The van der Waals surface area contributed by atoms with Crippen molar-refractivity contribution in [2.45, 2.75) is 37.8 Å². The van der Waals surface area contributed by atoms with Crippen LogP contribution in [0.3, 0.4) is 0 Å². The number of para-hydroxylation sites is 2. The number of nitrogens with one attached hydrogen (secondary N) is 1. The van der Waals surface area contributed by atoms with E-state index in [0.29, 0.717) is 18.0 Å². The van der Waals surface area contributed by atoms with E-state index in [0.717, 1.165) is 16.3 Å². The minimum atomic E-state index is -4.25. The molecule has 2 amide bonds. The summed E-state index contributed by atoms with van der Waals surface area (Å²) in [5, 5.41) is 2.83. The van der Waals surface area contributed by atoms with Gasteiger partial charge in [0, 0.05) is 13.1 Å². The lowest BCUT2D eigenvalue weighted by Crippen LogP contribution is -2.51. The number of methoxy groups -OCH3 is 3. The zero-order valence-electron chi connectivity index (χ0n) is 24.0. The first-order valence-electron chi connectivity index (χ1n) is 13.2. The van der Waals surface area contributed by atoms with Crippen LogP contribution < -0.4 is 23.8 Å². The number of hydrogen-bond acceptors (Lipinski definition) is 7. The molecule has 0 heterocycles. The lowest BCUT2D eigenvalue weighted by atomic mass is 10.1. The van der Waals surface area contributed by atoms with Gasteiger partial charge in [0.15, 0.2) is 0 Å². The lowest BCUT2D eigenvalue weighted by molar-refractivity contribution is -0.139. The van der Waals surface area contributed by atoms with E-state index in [1.54, 1.807) is 62.6 Å². The number of carbonyl (C=O) groups is 2. The highest BCUT2D eigenvalue weighted by atomic mass is 32.2. The maximum Gasteiger partial charge on any atom is 0.264 e. The molecule has 0 saturated heterocycles. The van der Waals surface area contributed by atoms with E-state index >= 15 is 0 Å². The Morgan fingerprint density at radius 1 is 0.854 bits per heavy atom. The summed E-state index contributed by atoms with van der Waals surface area (Å²) in [6.07, 6.45) is 0.729. The number of hydrogen-bond donors (Lipinski definition) is 1. The number of rotatable bonds is 14. The van der Waals surface area contributed by atoms with Gasteiger partial charge < -0.3 is 24.4 Å². The maximum atomic E-state index is 14.0. The van der Waals surface area contributed by atoms with Crippen LogP contribution in [0.1, 0.15) is 25.8 Å². The first kappa shape index (κ1) is 31.3. The smallest absolute Gasteiger partial charge is 0.264 e. The zero-order valence-corrected chi connectivity index (χ0v) is 24.8. The molecular weight excluding hydrogens is 546 g/mol. The Morgan fingerprint density at radius 2 is 1.44 bits per heavy atom. The van der Waals surface area contributed by atoms with Crippen molar-refractivity contribution < 1.29 is 32.2 Å². The van der Waals surface area contributed by atoms with Crippen LogP contribution in [0.2, 0.25) is 0 Å². The summed E-state index contributed by atoms with van der Waals surface area (Å²) in [7, 11) is 0.217. The minimum absolute atomic E-state index is 0.0348. The number of nitrogens with zero attached hydrogens (tertiary/aromatic N) is 2. The highest BCUT2D eigenvalue weighted by molar-refractivity contribution is 7.92. The van der Waals surface area contributed by atoms with Gasteiger partial charge in [-0.05, 0) is 67.4 Å². The Kier molecular flexibility index (Phi) is 11.0. The van der Waals surface area contributed by atoms with Gasteiger partial charge in [-0.15, -0.1) is 0 Å². The van der Waals surface area contributed by atoms with E-state index in [9.17, 15) is 18.0 Å². The lowest BCUT2D eigenvalue weighted by Gasteiger charge is -2.32. The van der Waals surface area contributed by atoms with Crippen molar-refractivity contribution >= 4 is 27.5 Å². The summed E-state index contributed by atoms with van der Waals surface area (Å²) < 4.78 is 44.9. The van der Waals surface area contributed by atoms with Gasteiger partial charge in [0.1, 0.15) is 29.8 Å². The van der Waals surface area contributed by atoms with Gasteiger partial charge in [-0.3, -0.25) is 13.9 Å². The molecule has 0 aliphatic heterocycles. The predicted molar refractivity (Wildman–Crippen MR) is 157 cm³/mol. The van der Waals surface area contributed by atoms with Crippen LogP contribution >= 0.6 is 0 Å². The molecule has 0 aliphatic carbocycles. The minimum Gasteiger partial charge on any atom is -0.497 e. The molecule has 0 saturated carbocycles. The molecule has 1 N–H and O–H groups in total. The Labute approximate surface area is 241 Å². The van der Waals surface area contributed by atoms with Crippen LogP contribution in [-0.4, -0.2) is 65.6 Å². The molecule has 0 spiro atoms. The predicted octanol–water partition coefficient (Wildman–Crippen LogP) is 3.85. The summed E-state index contributed by atoms with van der Waals surface area (Å²) in [6, 6.07) is 18.7. The van der Waals surface area contributed by atoms with Crippen molar-refractivity contribution in [3.63, 3.8) is 0 Å². The molecule has 0 fully saturated rings. The molecule has 0 aliphatic rings. The van der Waals surface area contributed by atoms with Gasteiger partial charge in [0.25, 0.3) is 10.0 Å². The van der Waals surface area contributed by atoms with Gasteiger partial charge in [0.2, 0.25) is 11.8 Å². The second-order valence-corrected chi connectivity index (χ2v) is 11.1. The topological polar surface area (TPSA) is 114 Å². The molecule has 11 heteroatoms. The zero-order chi connectivity index (χ0) is 30.0. The number of anilines is 1. The Balaban J connectivity index is 2.05. The van der Waals surface area contributed by atoms with Gasteiger partial charge in [-0.2, -0.15) is 0 Å². The van der Waals surface area contributed by atoms with Gasteiger partial charge in [-0.25, -0.2) is 8.42 Å². The van der Waals surface area contributed by atoms with Crippen molar-refractivity contribution in [3.05, 3.63) is 78.4 Å². The summed E-state index contributed by atoms with van der Waals surface area (Å²) in [5.74, 6) is 0.501. The summed E-state index contributed by atoms with van der Waals surface area (Å²) in [5.41, 5.74) is 0.933. The molecule has 10 nitrogen and oxygen atoms in total. The van der Waals surface area contributed by atoms with Crippen LogP contribution in [0.5, 0.6) is 17.2 Å². The third-order valence-electron chi connectivity index (χ3n) is 6.51. The average Bonchev–Trinajstić information content (AvgIpc) is 3.00. The van der Waals surface area contributed by atoms with Crippen LogP contribution in [-0.2, 0) is 26.2 Å². The Bertz CT molecular complexity index is 1410. The third-order valence-corrected chi connectivity index (χ3v) is 8.28. The summed E-state index contributed by atoms with van der Waals surface area (Å²) >= 11 is 0. The van der Waals surface area contributed by atoms with Crippen LogP contribution in [0.4, 0.5) is 5.69 Å². The van der Waals surface area contributed by atoms with E-state index in [4.69, 9.17) is 14.2 Å². The molecule has 3 rings (SSSR count). The molecule has 0 unspecified atom stereocenters. The van der Waals surface area contributed by atoms with E-state index in [-0.39, 0.29) is 28.8 Å². The molecule has 3 aromatic rings. The van der Waals surface area contributed by atoms with Crippen LogP contribution in [0, 0.1) is 0 Å². The first-order chi connectivity index (χ1) is 19.7. The van der Waals surface area contributed by atoms with Crippen LogP contribution in [0.25, 0.3) is 0 Å². The average molecular weight is 584 g/mol. The number of amides is 2.